The Morgan fingerprint density at radius 2 is 1.90 bits per heavy atom. The first kappa shape index (κ1) is 15.5. The van der Waals surface area contributed by atoms with Crippen molar-refractivity contribution in [1.29, 1.82) is 5.26 Å². The fraction of sp³-hybridized carbons (Fsp3) is 0.412. The molecule has 0 fully saturated rings. The molecule has 0 aliphatic heterocycles. The summed E-state index contributed by atoms with van der Waals surface area (Å²) in [5.41, 5.74) is 2.01. The van der Waals surface area contributed by atoms with Gasteiger partial charge >= 0.3 is 0 Å². The van der Waals surface area contributed by atoms with Crippen LogP contribution in [0.15, 0.2) is 24.3 Å². The fourth-order valence-corrected chi connectivity index (χ4v) is 3.00. The Kier molecular flexibility index (Phi) is 4.64. The zero-order valence-corrected chi connectivity index (χ0v) is 13.8. The second kappa shape index (κ2) is 6.28. The minimum absolute atomic E-state index is 0.0996. The number of aromatic nitrogens is 1. The minimum Gasteiger partial charge on any atom is -0.493 e. The van der Waals surface area contributed by atoms with Crippen LogP contribution in [0.2, 0.25) is 0 Å². The van der Waals surface area contributed by atoms with E-state index in [9.17, 15) is 5.26 Å². The van der Waals surface area contributed by atoms with Crippen LogP contribution in [-0.2, 0) is 11.8 Å². The van der Waals surface area contributed by atoms with Gasteiger partial charge in [-0.15, -0.1) is 11.3 Å². The molecule has 1 aromatic heterocycles. The van der Waals surface area contributed by atoms with Crippen molar-refractivity contribution in [2.45, 2.75) is 39.5 Å². The molecule has 4 heteroatoms. The van der Waals surface area contributed by atoms with Crippen molar-refractivity contribution in [1.82, 2.24) is 4.98 Å². The van der Waals surface area contributed by atoms with Gasteiger partial charge < -0.3 is 4.74 Å². The van der Waals surface area contributed by atoms with Gasteiger partial charge in [-0.3, -0.25) is 0 Å². The summed E-state index contributed by atoms with van der Waals surface area (Å²) in [6.45, 7) is 8.86. The molecule has 1 aromatic carbocycles. The van der Waals surface area contributed by atoms with Gasteiger partial charge in [0.2, 0.25) is 0 Å². The van der Waals surface area contributed by atoms with Gasteiger partial charge in [-0.1, -0.05) is 38.5 Å². The van der Waals surface area contributed by atoms with Crippen LogP contribution in [0.25, 0.3) is 0 Å². The number of nitriles is 1. The van der Waals surface area contributed by atoms with Gasteiger partial charge in [0.05, 0.1) is 17.3 Å². The lowest BCUT2D eigenvalue weighted by Gasteiger charge is -2.15. The molecule has 1 heterocycles. The van der Waals surface area contributed by atoms with Crippen LogP contribution in [-0.4, -0.2) is 11.6 Å². The number of aryl methyl sites for hydroxylation is 1. The van der Waals surface area contributed by atoms with E-state index in [2.05, 4.69) is 38.7 Å². The van der Waals surface area contributed by atoms with E-state index in [1.807, 2.05) is 24.3 Å². The average Bonchev–Trinajstić information content (AvgIpc) is 2.84. The molecule has 0 unspecified atom stereocenters. The Balaban J connectivity index is 1.99. The van der Waals surface area contributed by atoms with Gasteiger partial charge in [0.1, 0.15) is 16.7 Å². The Labute approximate surface area is 130 Å². The fourth-order valence-electron chi connectivity index (χ4n) is 1.95. The van der Waals surface area contributed by atoms with Crippen molar-refractivity contribution in [3.05, 3.63) is 45.4 Å². The van der Waals surface area contributed by atoms with Crippen molar-refractivity contribution in [3.63, 3.8) is 0 Å². The largest absolute Gasteiger partial charge is 0.493 e. The molecule has 3 nitrogen and oxygen atoms in total. The maximum absolute atomic E-state index is 9.21. The van der Waals surface area contributed by atoms with Crippen LogP contribution in [0.5, 0.6) is 5.75 Å². The first-order valence-electron chi connectivity index (χ1n) is 7.00. The van der Waals surface area contributed by atoms with E-state index in [1.165, 1.54) is 16.9 Å². The van der Waals surface area contributed by atoms with E-state index in [0.717, 1.165) is 22.9 Å². The van der Waals surface area contributed by atoms with Crippen molar-refractivity contribution in [3.8, 4) is 11.8 Å². The zero-order chi connectivity index (χ0) is 15.5. The number of benzene rings is 1. The summed E-state index contributed by atoms with van der Waals surface area (Å²) >= 11 is 1.47. The molecule has 0 spiro atoms. The predicted octanol–water partition coefficient (Wildman–Crippen LogP) is 4.24. The van der Waals surface area contributed by atoms with Gasteiger partial charge in [-0.05, 0) is 19.1 Å². The summed E-state index contributed by atoms with van der Waals surface area (Å²) in [5, 5.41) is 10.2. The Bertz CT molecular complexity index is 645. The van der Waals surface area contributed by atoms with E-state index >= 15 is 0 Å². The predicted molar refractivity (Wildman–Crippen MR) is 85.9 cm³/mol. The molecule has 0 atom stereocenters. The maximum Gasteiger partial charge on any atom is 0.128 e. The maximum atomic E-state index is 9.21. The van der Waals surface area contributed by atoms with Crippen LogP contribution < -0.4 is 4.74 Å². The van der Waals surface area contributed by atoms with Gasteiger partial charge in [0.25, 0.3) is 0 Å². The van der Waals surface area contributed by atoms with Gasteiger partial charge in [0.15, 0.2) is 0 Å². The Morgan fingerprint density at radius 3 is 2.43 bits per heavy atom. The monoisotopic (exact) mass is 300 g/mol. The molecule has 0 radical (unpaired) electrons. The molecule has 0 aliphatic rings. The van der Waals surface area contributed by atoms with Gasteiger partial charge in [-0.25, -0.2) is 4.98 Å². The first-order valence-corrected chi connectivity index (χ1v) is 7.81. The van der Waals surface area contributed by atoms with Gasteiger partial charge in [-0.2, -0.15) is 5.26 Å². The molecule has 110 valence electrons. The summed E-state index contributed by atoms with van der Waals surface area (Å²) in [6, 6.07) is 10.3. The molecule has 0 aliphatic carbocycles. The molecule has 0 saturated heterocycles. The van der Waals surface area contributed by atoms with Crippen LogP contribution in [0.1, 0.15) is 41.9 Å². The van der Waals surface area contributed by atoms with Crippen LogP contribution in [0.4, 0.5) is 0 Å². The standard InChI is InChI=1S/C17H20N2OS/c1-12-5-7-13(8-6-12)20-10-9-15-19-16(17(2,3)4)14(11-18)21-15/h5-8H,9-10H2,1-4H3. The Morgan fingerprint density at radius 1 is 1.24 bits per heavy atom. The molecule has 0 N–H and O–H groups in total. The highest BCUT2D eigenvalue weighted by atomic mass is 32.1. The lowest BCUT2D eigenvalue weighted by Crippen LogP contribution is -2.13. The van der Waals surface area contributed by atoms with E-state index in [0.29, 0.717) is 11.5 Å². The highest BCUT2D eigenvalue weighted by molar-refractivity contribution is 7.12. The average molecular weight is 300 g/mol. The zero-order valence-electron chi connectivity index (χ0n) is 12.9. The lowest BCUT2D eigenvalue weighted by atomic mass is 9.91. The van der Waals surface area contributed by atoms with Crippen molar-refractivity contribution < 1.29 is 4.74 Å². The molecule has 0 amide bonds. The molecular formula is C17H20N2OS. The van der Waals surface area contributed by atoms with E-state index < -0.39 is 0 Å². The molecule has 2 aromatic rings. The third-order valence-corrected chi connectivity index (χ3v) is 4.11. The molecule has 21 heavy (non-hydrogen) atoms. The van der Waals surface area contributed by atoms with Gasteiger partial charge in [0, 0.05) is 11.8 Å². The second-order valence-corrected chi connectivity index (χ2v) is 7.14. The molecule has 0 saturated carbocycles. The van der Waals surface area contributed by atoms with E-state index in [-0.39, 0.29) is 5.41 Å². The van der Waals surface area contributed by atoms with Crippen molar-refractivity contribution in [2.75, 3.05) is 6.61 Å². The van der Waals surface area contributed by atoms with Crippen molar-refractivity contribution in [2.24, 2.45) is 0 Å². The Hall–Kier alpha value is -1.86. The van der Waals surface area contributed by atoms with Crippen LogP contribution >= 0.6 is 11.3 Å². The second-order valence-electron chi connectivity index (χ2n) is 6.06. The molecule has 0 bridgehead atoms. The smallest absolute Gasteiger partial charge is 0.128 e. The molecular weight excluding hydrogens is 280 g/mol. The summed E-state index contributed by atoms with van der Waals surface area (Å²) in [5.74, 6) is 0.869. The number of thiazole rings is 1. The normalized spacial score (nSPS) is 11.2. The summed E-state index contributed by atoms with van der Waals surface area (Å²) in [4.78, 5) is 5.33. The summed E-state index contributed by atoms with van der Waals surface area (Å²) in [6.07, 6.45) is 0.725. The summed E-state index contributed by atoms with van der Waals surface area (Å²) < 4.78 is 5.72. The number of hydrogen-bond acceptors (Lipinski definition) is 4. The number of hydrogen-bond donors (Lipinski definition) is 0. The summed E-state index contributed by atoms with van der Waals surface area (Å²) in [7, 11) is 0. The molecule has 2 rings (SSSR count). The first-order chi connectivity index (χ1) is 9.90. The number of rotatable bonds is 4. The topological polar surface area (TPSA) is 45.9 Å². The quantitative estimate of drug-likeness (QED) is 0.848. The number of nitrogens with zero attached hydrogens (tertiary/aromatic N) is 2. The van der Waals surface area contributed by atoms with E-state index in [4.69, 9.17) is 4.74 Å². The highest BCUT2D eigenvalue weighted by Crippen LogP contribution is 2.29. The highest BCUT2D eigenvalue weighted by Gasteiger charge is 2.23. The SMILES string of the molecule is Cc1ccc(OCCc2nc(C(C)(C)C)c(C#N)s2)cc1. The van der Waals surface area contributed by atoms with Crippen molar-refractivity contribution >= 4 is 11.3 Å². The minimum atomic E-state index is -0.0996. The third kappa shape index (κ3) is 4.05. The lowest BCUT2D eigenvalue weighted by molar-refractivity contribution is 0.321. The van der Waals surface area contributed by atoms with Crippen LogP contribution in [0, 0.1) is 18.3 Å². The number of ether oxygens (including phenoxy) is 1. The van der Waals surface area contributed by atoms with Crippen LogP contribution in [0.3, 0.4) is 0 Å². The third-order valence-electron chi connectivity index (χ3n) is 3.09. The van der Waals surface area contributed by atoms with E-state index in [1.54, 1.807) is 0 Å².